The summed E-state index contributed by atoms with van der Waals surface area (Å²) >= 11 is 0. The summed E-state index contributed by atoms with van der Waals surface area (Å²) < 4.78 is 0. The first kappa shape index (κ1) is 16.5. The van der Waals surface area contributed by atoms with E-state index < -0.39 is 0 Å². The van der Waals surface area contributed by atoms with E-state index in [2.05, 4.69) is 43.9 Å². The Hall–Kier alpha value is -0.860. The molecule has 0 spiro atoms. The van der Waals surface area contributed by atoms with Gasteiger partial charge in [-0.05, 0) is 63.2 Å². The van der Waals surface area contributed by atoms with Crippen molar-refractivity contribution in [3.05, 3.63) is 34.9 Å². The quantitative estimate of drug-likeness (QED) is 0.879. The number of hydrogen-bond donors (Lipinski definition) is 1. The molecule has 1 aliphatic heterocycles. The molecular weight excluding hydrogens is 256 g/mol. The van der Waals surface area contributed by atoms with E-state index in [0.29, 0.717) is 6.04 Å². The number of nitrogens with two attached hydrogens (primary N) is 1. The minimum atomic E-state index is 0.394. The Balaban J connectivity index is 2.10. The van der Waals surface area contributed by atoms with Crippen molar-refractivity contribution in [2.24, 2.45) is 11.7 Å². The van der Waals surface area contributed by atoms with Crippen molar-refractivity contribution in [3.63, 3.8) is 0 Å². The van der Waals surface area contributed by atoms with Crippen molar-refractivity contribution >= 4 is 0 Å². The van der Waals surface area contributed by atoms with E-state index in [0.717, 1.165) is 12.5 Å². The van der Waals surface area contributed by atoms with Gasteiger partial charge in [0.25, 0.3) is 0 Å². The Morgan fingerprint density at radius 1 is 1.24 bits per heavy atom. The Bertz CT molecular complexity index is 441. The topological polar surface area (TPSA) is 29.3 Å². The third kappa shape index (κ3) is 4.31. The van der Waals surface area contributed by atoms with Crippen LogP contribution in [0.3, 0.4) is 0 Å². The fraction of sp³-hybridized carbons (Fsp3) is 0.684. The standard InChI is InChI=1S/C19H32N2/c1-4-6-17-7-5-11-21(12-10-17)19(14-20)18-9-8-15(2)13-16(18)3/h8-9,13,17,19H,4-7,10-12,14,20H2,1-3H3. The van der Waals surface area contributed by atoms with Crippen LogP contribution in [0.5, 0.6) is 0 Å². The molecule has 0 aromatic heterocycles. The maximum atomic E-state index is 6.15. The van der Waals surface area contributed by atoms with Gasteiger partial charge in [0, 0.05) is 12.6 Å². The summed E-state index contributed by atoms with van der Waals surface area (Å²) in [6, 6.07) is 7.20. The molecule has 2 unspecified atom stereocenters. The molecule has 2 nitrogen and oxygen atoms in total. The largest absolute Gasteiger partial charge is 0.329 e. The summed E-state index contributed by atoms with van der Waals surface area (Å²) in [6.07, 6.45) is 6.78. The number of nitrogens with zero attached hydrogens (tertiary/aromatic N) is 1. The summed E-state index contributed by atoms with van der Waals surface area (Å²) in [4.78, 5) is 2.63. The van der Waals surface area contributed by atoms with Crippen LogP contribution in [-0.2, 0) is 0 Å². The minimum absolute atomic E-state index is 0.394. The molecule has 1 aliphatic rings. The second-order valence-corrected chi connectivity index (χ2v) is 6.73. The van der Waals surface area contributed by atoms with Gasteiger partial charge >= 0.3 is 0 Å². The van der Waals surface area contributed by atoms with Gasteiger partial charge in [-0.15, -0.1) is 0 Å². The van der Waals surface area contributed by atoms with E-state index in [4.69, 9.17) is 5.73 Å². The highest BCUT2D eigenvalue weighted by Crippen LogP contribution is 2.29. The molecule has 1 fully saturated rings. The van der Waals surface area contributed by atoms with Gasteiger partial charge in [-0.1, -0.05) is 43.5 Å². The molecule has 0 aliphatic carbocycles. The molecular formula is C19H32N2. The molecule has 2 rings (SSSR count). The average Bonchev–Trinajstić information content (AvgIpc) is 2.68. The predicted octanol–water partition coefficient (Wildman–Crippen LogP) is 4.21. The van der Waals surface area contributed by atoms with Crippen molar-refractivity contribution in [2.45, 2.75) is 58.9 Å². The first-order valence-corrected chi connectivity index (χ1v) is 8.67. The van der Waals surface area contributed by atoms with Gasteiger partial charge in [-0.3, -0.25) is 4.90 Å². The lowest BCUT2D eigenvalue weighted by Crippen LogP contribution is -2.35. The lowest BCUT2D eigenvalue weighted by atomic mass is 9.95. The van der Waals surface area contributed by atoms with Crippen LogP contribution in [0, 0.1) is 19.8 Å². The van der Waals surface area contributed by atoms with Gasteiger partial charge in [0.2, 0.25) is 0 Å². The zero-order chi connectivity index (χ0) is 15.2. The van der Waals surface area contributed by atoms with Gasteiger partial charge in [0.15, 0.2) is 0 Å². The smallest absolute Gasteiger partial charge is 0.0473 e. The van der Waals surface area contributed by atoms with Crippen LogP contribution in [0.1, 0.15) is 61.8 Å². The average molecular weight is 288 g/mol. The fourth-order valence-corrected chi connectivity index (χ4v) is 3.87. The number of likely N-dealkylation sites (tertiary alicyclic amines) is 1. The Morgan fingerprint density at radius 2 is 2.05 bits per heavy atom. The molecule has 21 heavy (non-hydrogen) atoms. The Morgan fingerprint density at radius 3 is 2.71 bits per heavy atom. The van der Waals surface area contributed by atoms with Crippen LogP contribution in [-0.4, -0.2) is 24.5 Å². The first-order valence-electron chi connectivity index (χ1n) is 8.67. The highest BCUT2D eigenvalue weighted by molar-refractivity contribution is 5.33. The van der Waals surface area contributed by atoms with Gasteiger partial charge in [-0.25, -0.2) is 0 Å². The van der Waals surface area contributed by atoms with Crippen molar-refractivity contribution in [2.75, 3.05) is 19.6 Å². The highest BCUT2D eigenvalue weighted by Gasteiger charge is 2.24. The van der Waals surface area contributed by atoms with Gasteiger partial charge in [0.05, 0.1) is 0 Å². The number of hydrogen-bond acceptors (Lipinski definition) is 2. The molecule has 2 N–H and O–H groups in total. The number of aryl methyl sites for hydroxylation is 2. The summed E-state index contributed by atoms with van der Waals surface area (Å²) in [5, 5.41) is 0. The fourth-order valence-electron chi connectivity index (χ4n) is 3.87. The summed E-state index contributed by atoms with van der Waals surface area (Å²) in [6.45, 7) is 9.83. The second kappa shape index (κ2) is 7.95. The Labute approximate surface area is 130 Å². The molecule has 1 heterocycles. The van der Waals surface area contributed by atoms with Crippen molar-refractivity contribution in [1.29, 1.82) is 0 Å². The molecule has 0 saturated carbocycles. The van der Waals surface area contributed by atoms with Crippen molar-refractivity contribution < 1.29 is 0 Å². The van der Waals surface area contributed by atoms with Crippen LogP contribution >= 0.6 is 0 Å². The third-order valence-corrected chi connectivity index (χ3v) is 5.03. The zero-order valence-electron chi connectivity index (χ0n) is 14.1. The lowest BCUT2D eigenvalue weighted by molar-refractivity contribution is 0.206. The van der Waals surface area contributed by atoms with E-state index >= 15 is 0 Å². The second-order valence-electron chi connectivity index (χ2n) is 6.73. The van der Waals surface area contributed by atoms with E-state index in [1.165, 1.54) is 61.9 Å². The van der Waals surface area contributed by atoms with Crippen molar-refractivity contribution in [3.8, 4) is 0 Å². The van der Waals surface area contributed by atoms with Gasteiger partial charge in [0.1, 0.15) is 0 Å². The molecule has 0 bridgehead atoms. The monoisotopic (exact) mass is 288 g/mol. The van der Waals surface area contributed by atoms with Crippen LogP contribution in [0.4, 0.5) is 0 Å². The highest BCUT2D eigenvalue weighted by atomic mass is 15.2. The van der Waals surface area contributed by atoms with Gasteiger partial charge in [-0.2, -0.15) is 0 Å². The SMILES string of the molecule is CCCC1CCCN(C(CN)c2ccc(C)cc2C)CC1. The Kier molecular flexibility index (Phi) is 6.25. The van der Waals surface area contributed by atoms with Crippen LogP contribution < -0.4 is 5.73 Å². The maximum Gasteiger partial charge on any atom is 0.0473 e. The van der Waals surface area contributed by atoms with Gasteiger partial charge < -0.3 is 5.73 Å². The zero-order valence-corrected chi connectivity index (χ0v) is 14.1. The minimum Gasteiger partial charge on any atom is -0.329 e. The van der Waals surface area contributed by atoms with E-state index in [9.17, 15) is 0 Å². The molecule has 1 saturated heterocycles. The molecule has 2 heteroatoms. The van der Waals surface area contributed by atoms with Crippen molar-refractivity contribution in [1.82, 2.24) is 4.90 Å². The van der Waals surface area contributed by atoms with E-state index in [-0.39, 0.29) is 0 Å². The van der Waals surface area contributed by atoms with E-state index in [1.54, 1.807) is 0 Å². The summed E-state index contributed by atoms with van der Waals surface area (Å²) in [5.74, 6) is 0.928. The first-order chi connectivity index (χ1) is 10.2. The number of benzene rings is 1. The number of rotatable bonds is 5. The van der Waals surface area contributed by atoms with Crippen LogP contribution in [0.25, 0.3) is 0 Å². The molecule has 1 aromatic carbocycles. The summed E-state index contributed by atoms with van der Waals surface area (Å²) in [7, 11) is 0. The maximum absolute atomic E-state index is 6.15. The normalized spacial score (nSPS) is 22.0. The molecule has 2 atom stereocenters. The lowest BCUT2D eigenvalue weighted by Gasteiger charge is -2.31. The van der Waals surface area contributed by atoms with Crippen LogP contribution in [0.2, 0.25) is 0 Å². The van der Waals surface area contributed by atoms with E-state index in [1.807, 2.05) is 0 Å². The predicted molar refractivity (Wildman–Crippen MR) is 91.5 cm³/mol. The third-order valence-electron chi connectivity index (χ3n) is 5.03. The molecule has 0 radical (unpaired) electrons. The molecule has 0 amide bonds. The van der Waals surface area contributed by atoms with Crippen LogP contribution in [0.15, 0.2) is 18.2 Å². The molecule has 118 valence electrons. The summed E-state index contributed by atoms with van der Waals surface area (Å²) in [5.41, 5.74) is 10.3. The molecule has 1 aromatic rings.